The Hall–Kier alpha value is -0.780. The number of methoxy groups -OCH3 is 1. The van der Waals surface area contributed by atoms with Crippen LogP contribution in [0.15, 0.2) is 28.0 Å². The number of thioether (sulfide) groups is 1. The fourth-order valence-electron chi connectivity index (χ4n) is 1.37. The Bertz CT molecular complexity index is 490. The maximum Gasteiger partial charge on any atom is 0.174 e. The molecule has 1 aromatic heterocycles. The molecule has 0 bridgehead atoms. The number of rotatable bonds is 4. The predicted molar refractivity (Wildman–Crippen MR) is 72.2 cm³/mol. The van der Waals surface area contributed by atoms with Gasteiger partial charge in [-0.2, -0.15) is 0 Å². The van der Waals surface area contributed by atoms with Crippen LogP contribution in [-0.2, 0) is 0 Å². The lowest BCUT2D eigenvalue weighted by atomic mass is 10.1. The Labute approximate surface area is 113 Å². The normalized spacial score (nSPS) is 12.4. The van der Waals surface area contributed by atoms with Gasteiger partial charge in [-0.15, -0.1) is 10.2 Å². The van der Waals surface area contributed by atoms with Gasteiger partial charge in [0.15, 0.2) is 4.34 Å². The van der Waals surface area contributed by atoms with Gasteiger partial charge in [-0.3, -0.25) is 0 Å². The van der Waals surface area contributed by atoms with Crippen molar-refractivity contribution >= 4 is 34.7 Å². The lowest BCUT2D eigenvalue weighted by molar-refractivity contribution is 0.415. The van der Waals surface area contributed by atoms with Crippen molar-refractivity contribution in [3.8, 4) is 5.75 Å². The van der Waals surface area contributed by atoms with E-state index in [0.717, 1.165) is 9.90 Å². The molecular formula is C11H11ClN2OS2. The van der Waals surface area contributed by atoms with Gasteiger partial charge < -0.3 is 4.74 Å². The van der Waals surface area contributed by atoms with Crippen molar-refractivity contribution in [1.29, 1.82) is 0 Å². The molecule has 2 rings (SSSR count). The van der Waals surface area contributed by atoms with Crippen LogP contribution < -0.4 is 4.74 Å². The first-order chi connectivity index (χ1) is 8.20. The standard InChI is InChI=1S/C11H11ClN2OS2/c1-7(17-11-14-13-6-16-11)8-3-4-10(15-2)9(12)5-8/h3-7H,1-2H3. The first-order valence-electron chi connectivity index (χ1n) is 4.97. The number of hydrogen-bond donors (Lipinski definition) is 0. The highest BCUT2D eigenvalue weighted by atomic mass is 35.5. The first kappa shape index (κ1) is 12.7. The summed E-state index contributed by atoms with van der Waals surface area (Å²) in [5, 5.41) is 8.74. The summed E-state index contributed by atoms with van der Waals surface area (Å²) in [6.45, 7) is 2.12. The maximum atomic E-state index is 6.10. The van der Waals surface area contributed by atoms with E-state index < -0.39 is 0 Å². The minimum absolute atomic E-state index is 0.284. The van der Waals surface area contributed by atoms with Crippen LogP contribution in [0.1, 0.15) is 17.7 Å². The van der Waals surface area contributed by atoms with Crippen molar-refractivity contribution in [3.63, 3.8) is 0 Å². The highest BCUT2D eigenvalue weighted by Crippen LogP contribution is 2.37. The molecule has 1 atom stereocenters. The van der Waals surface area contributed by atoms with Crippen LogP contribution in [0.5, 0.6) is 5.75 Å². The Morgan fingerprint density at radius 2 is 2.29 bits per heavy atom. The lowest BCUT2D eigenvalue weighted by Gasteiger charge is -2.11. The maximum absolute atomic E-state index is 6.10. The molecule has 0 amide bonds. The van der Waals surface area contributed by atoms with Crippen LogP contribution >= 0.6 is 34.7 Å². The van der Waals surface area contributed by atoms with E-state index >= 15 is 0 Å². The van der Waals surface area contributed by atoms with E-state index in [4.69, 9.17) is 16.3 Å². The van der Waals surface area contributed by atoms with Crippen LogP contribution in [0.4, 0.5) is 0 Å². The Morgan fingerprint density at radius 1 is 1.47 bits per heavy atom. The van der Waals surface area contributed by atoms with E-state index in [1.54, 1.807) is 35.7 Å². The van der Waals surface area contributed by atoms with Crippen LogP contribution in [0.25, 0.3) is 0 Å². The van der Waals surface area contributed by atoms with Crippen molar-refractivity contribution in [2.24, 2.45) is 0 Å². The van der Waals surface area contributed by atoms with Gasteiger partial charge in [-0.25, -0.2) is 0 Å². The number of benzene rings is 1. The van der Waals surface area contributed by atoms with Gasteiger partial charge >= 0.3 is 0 Å². The quantitative estimate of drug-likeness (QED) is 0.794. The molecule has 1 unspecified atom stereocenters. The number of hydrogen-bond acceptors (Lipinski definition) is 5. The second-order valence-electron chi connectivity index (χ2n) is 3.36. The van der Waals surface area contributed by atoms with Gasteiger partial charge in [-0.05, 0) is 24.6 Å². The SMILES string of the molecule is COc1ccc(C(C)Sc2nncs2)cc1Cl. The lowest BCUT2D eigenvalue weighted by Crippen LogP contribution is -1.90. The van der Waals surface area contributed by atoms with E-state index in [9.17, 15) is 0 Å². The van der Waals surface area contributed by atoms with E-state index in [-0.39, 0.29) is 5.25 Å². The minimum atomic E-state index is 0.284. The minimum Gasteiger partial charge on any atom is -0.495 e. The van der Waals surface area contributed by atoms with Gasteiger partial charge in [0.25, 0.3) is 0 Å². The molecule has 2 aromatic rings. The number of halogens is 1. The number of ether oxygens (including phenoxy) is 1. The molecule has 0 spiro atoms. The molecule has 0 aliphatic heterocycles. The Balaban J connectivity index is 2.14. The molecule has 1 aromatic carbocycles. The number of nitrogens with zero attached hydrogens (tertiary/aromatic N) is 2. The van der Waals surface area contributed by atoms with Gasteiger partial charge in [0, 0.05) is 5.25 Å². The highest BCUT2D eigenvalue weighted by Gasteiger charge is 2.11. The van der Waals surface area contributed by atoms with Crippen molar-refractivity contribution in [2.75, 3.05) is 7.11 Å². The zero-order valence-corrected chi connectivity index (χ0v) is 11.8. The molecule has 0 aliphatic carbocycles. The van der Waals surface area contributed by atoms with Crippen molar-refractivity contribution in [1.82, 2.24) is 10.2 Å². The zero-order valence-electron chi connectivity index (χ0n) is 9.38. The van der Waals surface area contributed by atoms with E-state index in [0.29, 0.717) is 10.8 Å². The zero-order chi connectivity index (χ0) is 12.3. The second-order valence-corrected chi connectivity index (χ2v) is 6.19. The fourth-order valence-corrected chi connectivity index (χ4v) is 3.38. The molecule has 0 fully saturated rings. The smallest absolute Gasteiger partial charge is 0.174 e. The average Bonchev–Trinajstić information content (AvgIpc) is 2.81. The molecule has 6 heteroatoms. The second kappa shape index (κ2) is 5.71. The molecule has 0 N–H and O–H groups in total. The summed E-state index contributed by atoms with van der Waals surface area (Å²) < 4.78 is 6.09. The summed E-state index contributed by atoms with van der Waals surface area (Å²) in [6.07, 6.45) is 0. The van der Waals surface area contributed by atoms with Crippen LogP contribution in [0.2, 0.25) is 5.02 Å². The van der Waals surface area contributed by atoms with E-state index in [1.165, 1.54) is 0 Å². The largest absolute Gasteiger partial charge is 0.495 e. The van der Waals surface area contributed by atoms with Crippen molar-refractivity contribution in [2.45, 2.75) is 16.5 Å². The van der Waals surface area contributed by atoms with Crippen molar-refractivity contribution < 1.29 is 4.74 Å². The third-order valence-corrected chi connectivity index (χ3v) is 4.53. The molecule has 0 saturated heterocycles. The van der Waals surface area contributed by atoms with Crippen LogP contribution in [0, 0.1) is 0 Å². The third-order valence-electron chi connectivity index (χ3n) is 2.26. The highest BCUT2D eigenvalue weighted by molar-refractivity contribution is 8.01. The van der Waals surface area contributed by atoms with Gasteiger partial charge in [-0.1, -0.05) is 40.8 Å². The average molecular weight is 287 g/mol. The molecule has 90 valence electrons. The van der Waals surface area contributed by atoms with Crippen LogP contribution in [0.3, 0.4) is 0 Å². The number of aromatic nitrogens is 2. The summed E-state index contributed by atoms with van der Waals surface area (Å²) in [4.78, 5) is 0. The summed E-state index contributed by atoms with van der Waals surface area (Å²) in [6, 6.07) is 5.83. The Morgan fingerprint density at radius 3 is 2.88 bits per heavy atom. The monoisotopic (exact) mass is 286 g/mol. The molecular weight excluding hydrogens is 276 g/mol. The summed E-state index contributed by atoms with van der Waals surface area (Å²) >= 11 is 9.31. The van der Waals surface area contributed by atoms with Crippen molar-refractivity contribution in [3.05, 3.63) is 34.3 Å². The van der Waals surface area contributed by atoms with E-state index in [1.807, 2.05) is 18.2 Å². The fraction of sp³-hybridized carbons (Fsp3) is 0.273. The first-order valence-corrected chi connectivity index (χ1v) is 7.10. The Kier molecular flexibility index (Phi) is 4.25. The molecule has 3 nitrogen and oxygen atoms in total. The molecule has 0 radical (unpaired) electrons. The predicted octanol–water partition coefficient (Wildman–Crippen LogP) is 4.05. The van der Waals surface area contributed by atoms with Crippen LogP contribution in [-0.4, -0.2) is 17.3 Å². The van der Waals surface area contributed by atoms with E-state index in [2.05, 4.69) is 17.1 Å². The molecule has 0 saturated carbocycles. The summed E-state index contributed by atoms with van der Waals surface area (Å²) in [5.74, 6) is 0.698. The summed E-state index contributed by atoms with van der Waals surface area (Å²) in [5.41, 5.74) is 2.88. The van der Waals surface area contributed by atoms with Gasteiger partial charge in [0.05, 0.1) is 12.1 Å². The molecule has 17 heavy (non-hydrogen) atoms. The summed E-state index contributed by atoms with van der Waals surface area (Å²) in [7, 11) is 1.61. The molecule has 1 heterocycles. The topological polar surface area (TPSA) is 35.0 Å². The van der Waals surface area contributed by atoms with Gasteiger partial charge in [0.1, 0.15) is 11.3 Å². The van der Waals surface area contributed by atoms with Gasteiger partial charge in [0.2, 0.25) is 0 Å². The molecule has 0 aliphatic rings. The third kappa shape index (κ3) is 3.12.